The molecule has 1 N–H and O–H groups in total. The van der Waals surface area contributed by atoms with Gasteiger partial charge >= 0.3 is 13.5 Å². The molecular weight excluding hydrogens is 289 g/mol. The second-order valence-corrected chi connectivity index (χ2v) is 8.61. The summed E-state index contributed by atoms with van der Waals surface area (Å²) in [4.78, 5) is 11.7. The van der Waals surface area contributed by atoms with E-state index in [4.69, 9.17) is 9.26 Å². The zero-order chi connectivity index (χ0) is 16.1. The first-order chi connectivity index (χ1) is 9.69. The van der Waals surface area contributed by atoms with Gasteiger partial charge in [-0.1, -0.05) is 18.2 Å². The second-order valence-electron chi connectivity index (χ2n) is 5.73. The van der Waals surface area contributed by atoms with E-state index in [0.29, 0.717) is 5.75 Å². The molecule has 2 atom stereocenters. The lowest BCUT2D eigenvalue weighted by Gasteiger charge is -2.32. The lowest BCUT2D eigenvalue weighted by Crippen LogP contribution is -2.39. The summed E-state index contributed by atoms with van der Waals surface area (Å²) in [6.45, 7) is 9.05. The molecular formula is C15H24NO4P. The Balaban J connectivity index is 2.95. The smallest absolute Gasteiger partial charge is 0.323 e. The van der Waals surface area contributed by atoms with Crippen molar-refractivity contribution >= 4 is 13.5 Å². The molecule has 0 radical (unpaired) electrons. The summed E-state index contributed by atoms with van der Waals surface area (Å²) in [6, 6.07) is 8.21. The van der Waals surface area contributed by atoms with Crippen LogP contribution in [0.2, 0.25) is 0 Å². The lowest BCUT2D eigenvalue weighted by molar-refractivity contribution is -0.144. The Hall–Kier alpha value is -1.32. The van der Waals surface area contributed by atoms with Crippen molar-refractivity contribution in [1.82, 2.24) is 5.09 Å². The van der Waals surface area contributed by atoms with Crippen LogP contribution < -0.4 is 9.61 Å². The van der Waals surface area contributed by atoms with Crippen LogP contribution in [0.1, 0.15) is 34.6 Å². The van der Waals surface area contributed by atoms with E-state index in [-0.39, 0.29) is 6.61 Å². The number of hydrogen-bond acceptors (Lipinski definition) is 4. The molecule has 0 spiro atoms. The average Bonchev–Trinajstić information content (AvgIpc) is 2.38. The van der Waals surface area contributed by atoms with Gasteiger partial charge in [-0.3, -0.25) is 9.36 Å². The molecule has 1 aromatic carbocycles. The molecule has 5 nitrogen and oxygen atoms in total. The number of benzene rings is 1. The predicted octanol–water partition coefficient (Wildman–Crippen LogP) is 3.60. The minimum atomic E-state index is -3.31. The first kappa shape index (κ1) is 17.7. The Kier molecular flexibility index (Phi) is 5.99. The molecule has 6 heteroatoms. The standard InChI is InChI=1S/C15H24NO4P/c1-6-19-14(17)12(2)16-21(18,15(3,4)5)20-13-10-8-7-9-11-13/h7-12H,6H2,1-5H3,(H,16,18)/t12-,21?/m0/s1. The summed E-state index contributed by atoms with van der Waals surface area (Å²) in [5, 5.41) is 2.16. The van der Waals surface area contributed by atoms with Crippen molar-refractivity contribution in [1.29, 1.82) is 0 Å². The van der Waals surface area contributed by atoms with E-state index in [0.717, 1.165) is 0 Å². The highest BCUT2D eigenvalue weighted by Gasteiger charge is 2.41. The summed E-state index contributed by atoms with van der Waals surface area (Å²) < 4.78 is 23.8. The van der Waals surface area contributed by atoms with Gasteiger partial charge in [0.1, 0.15) is 11.8 Å². The van der Waals surface area contributed by atoms with Gasteiger partial charge in [-0.25, -0.2) is 5.09 Å². The van der Waals surface area contributed by atoms with E-state index in [1.165, 1.54) is 0 Å². The van der Waals surface area contributed by atoms with Crippen molar-refractivity contribution in [3.05, 3.63) is 30.3 Å². The fraction of sp³-hybridized carbons (Fsp3) is 0.533. The van der Waals surface area contributed by atoms with Crippen LogP contribution in [-0.2, 0) is 14.1 Å². The minimum Gasteiger partial charge on any atom is -0.465 e. The quantitative estimate of drug-likeness (QED) is 0.642. The van der Waals surface area contributed by atoms with E-state index in [2.05, 4.69) is 5.09 Å². The molecule has 1 aromatic rings. The average molecular weight is 313 g/mol. The van der Waals surface area contributed by atoms with E-state index < -0.39 is 24.7 Å². The number of ether oxygens (including phenoxy) is 1. The highest BCUT2D eigenvalue weighted by atomic mass is 31.2. The Morgan fingerprint density at radius 2 is 1.86 bits per heavy atom. The third-order valence-corrected chi connectivity index (χ3v) is 5.83. The Labute approximate surface area is 126 Å². The summed E-state index contributed by atoms with van der Waals surface area (Å²) in [6.07, 6.45) is 0. The second kappa shape index (κ2) is 7.10. The van der Waals surface area contributed by atoms with Crippen LogP contribution in [0.25, 0.3) is 0 Å². The van der Waals surface area contributed by atoms with Crippen LogP contribution in [0, 0.1) is 0 Å². The van der Waals surface area contributed by atoms with Crippen LogP contribution in [0.3, 0.4) is 0 Å². The lowest BCUT2D eigenvalue weighted by atomic mass is 10.3. The van der Waals surface area contributed by atoms with Crippen molar-refractivity contribution in [2.75, 3.05) is 6.61 Å². The third-order valence-electron chi connectivity index (χ3n) is 2.86. The van der Waals surface area contributed by atoms with Gasteiger partial charge < -0.3 is 9.26 Å². The SMILES string of the molecule is CCOC(=O)[C@H](C)NP(=O)(Oc1ccccc1)C(C)(C)C. The monoisotopic (exact) mass is 313 g/mol. The summed E-state index contributed by atoms with van der Waals surface area (Å²) in [7, 11) is -3.31. The van der Waals surface area contributed by atoms with Crippen LogP contribution >= 0.6 is 7.52 Å². The maximum absolute atomic E-state index is 13.2. The van der Waals surface area contributed by atoms with Crippen LogP contribution in [0.5, 0.6) is 5.75 Å². The predicted molar refractivity (Wildman–Crippen MR) is 83.7 cm³/mol. The molecule has 0 aliphatic carbocycles. The molecule has 21 heavy (non-hydrogen) atoms. The van der Waals surface area contributed by atoms with Gasteiger partial charge in [0.2, 0.25) is 0 Å². The van der Waals surface area contributed by atoms with Crippen molar-refractivity contribution in [2.24, 2.45) is 0 Å². The molecule has 1 rings (SSSR count). The van der Waals surface area contributed by atoms with E-state index in [1.54, 1.807) is 38.1 Å². The highest BCUT2D eigenvalue weighted by Crippen LogP contribution is 2.55. The van der Waals surface area contributed by atoms with Gasteiger partial charge in [-0.2, -0.15) is 0 Å². The Morgan fingerprint density at radius 1 is 1.29 bits per heavy atom. The normalized spacial score (nSPS) is 15.9. The number of carbonyl (C=O) groups excluding carboxylic acids is 1. The molecule has 0 aromatic heterocycles. The zero-order valence-corrected chi connectivity index (χ0v) is 14.1. The van der Waals surface area contributed by atoms with Crippen molar-refractivity contribution in [3.63, 3.8) is 0 Å². The van der Waals surface area contributed by atoms with Crippen LogP contribution in [0.15, 0.2) is 30.3 Å². The maximum Gasteiger partial charge on any atom is 0.323 e. The Bertz CT molecular complexity index is 510. The van der Waals surface area contributed by atoms with E-state index in [9.17, 15) is 9.36 Å². The fourth-order valence-corrected chi connectivity index (χ4v) is 3.31. The summed E-state index contributed by atoms with van der Waals surface area (Å²) >= 11 is 0. The molecule has 0 aliphatic rings. The number of carbonyl (C=O) groups is 1. The van der Waals surface area contributed by atoms with Gasteiger partial charge in [0, 0.05) is 0 Å². The third kappa shape index (κ3) is 4.87. The molecule has 0 amide bonds. The number of para-hydroxylation sites is 1. The molecule has 0 aliphatic heterocycles. The van der Waals surface area contributed by atoms with Crippen LogP contribution in [0.4, 0.5) is 0 Å². The summed E-state index contributed by atoms with van der Waals surface area (Å²) in [5.74, 6) is 0.0537. The summed E-state index contributed by atoms with van der Waals surface area (Å²) in [5.41, 5.74) is 0. The molecule has 0 bridgehead atoms. The van der Waals surface area contributed by atoms with Gasteiger partial charge in [0.25, 0.3) is 0 Å². The molecule has 0 fully saturated rings. The van der Waals surface area contributed by atoms with E-state index >= 15 is 0 Å². The minimum absolute atomic E-state index is 0.282. The van der Waals surface area contributed by atoms with Gasteiger partial charge in [-0.15, -0.1) is 0 Å². The van der Waals surface area contributed by atoms with E-state index in [1.807, 2.05) is 26.8 Å². The van der Waals surface area contributed by atoms with Crippen LogP contribution in [-0.4, -0.2) is 23.8 Å². The molecule has 0 saturated heterocycles. The molecule has 118 valence electrons. The topological polar surface area (TPSA) is 64.6 Å². The number of rotatable bonds is 6. The van der Waals surface area contributed by atoms with Crippen molar-refractivity contribution < 1.29 is 18.6 Å². The number of nitrogens with one attached hydrogen (secondary N) is 1. The number of hydrogen-bond donors (Lipinski definition) is 1. The fourth-order valence-electron chi connectivity index (χ4n) is 1.56. The highest BCUT2D eigenvalue weighted by molar-refractivity contribution is 7.59. The number of esters is 1. The maximum atomic E-state index is 13.2. The van der Waals surface area contributed by atoms with Crippen molar-refractivity contribution in [2.45, 2.75) is 45.8 Å². The zero-order valence-electron chi connectivity index (χ0n) is 13.3. The van der Waals surface area contributed by atoms with Gasteiger partial charge in [0.05, 0.1) is 11.8 Å². The first-order valence-corrected chi connectivity index (χ1v) is 8.61. The Morgan fingerprint density at radius 3 is 2.33 bits per heavy atom. The first-order valence-electron chi connectivity index (χ1n) is 6.99. The van der Waals surface area contributed by atoms with Gasteiger partial charge in [-0.05, 0) is 46.8 Å². The van der Waals surface area contributed by atoms with Crippen molar-refractivity contribution in [3.8, 4) is 5.75 Å². The largest absolute Gasteiger partial charge is 0.465 e. The van der Waals surface area contributed by atoms with Gasteiger partial charge in [0.15, 0.2) is 0 Å². The molecule has 0 saturated carbocycles. The molecule has 0 heterocycles. The molecule has 1 unspecified atom stereocenters.